The number of carbonyl (C=O) groups excluding carboxylic acids is 1. The summed E-state index contributed by atoms with van der Waals surface area (Å²) in [4.78, 5) is 14.0. The van der Waals surface area contributed by atoms with Crippen molar-refractivity contribution in [1.82, 2.24) is 35.3 Å². The second-order valence-corrected chi connectivity index (χ2v) is 4.74. The number of tetrazole rings is 1. The number of amides is 1. The zero-order chi connectivity index (χ0) is 13.9. The molecule has 1 amide bonds. The Morgan fingerprint density at radius 2 is 2.45 bits per heavy atom. The second-order valence-electron chi connectivity index (χ2n) is 4.74. The molecule has 0 spiro atoms. The van der Waals surface area contributed by atoms with Gasteiger partial charge >= 0.3 is 0 Å². The highest BCUT2D eigenvalue weighted by atomic mass is 16.2. The lowest BCUT2D eigenvalue weighted by Crippen LogP contribution is -2.29. The molecule has 8 nitrogen and oxygen atoms in total. The third-order valence-electron chi connectivity index (χ3n) is 3.34. The molecular formula is C12H15N7O. The molecule has 1 N–H and O–H groups in total. The van der Waals surface area contributed by atoms with E-state index in [4.69, 9.17) is 0 Å². The van der Waals surface area contributed by atoms with Gasteiger partial charge < -0.3 is 4.90 Å². The van der Waals surface area contributed by atoms with E-state index in [1.807, 2.05) is 13.2 Å². The number of aryl methyl sites for hydroxylation is 1. The predicted molar refractivity (Wildman–Crippen MR) is 70.1 cm³/mol. The third kappa shape index (κ3) is 2.44. The quantitative estimate of drug-likeness (QED) is 0.812. The number of H-pyrrole nitrogens is 1. The molecule has 1 saturated heterocycles. The molecule has 0 aliphatic carbocycles. The van der Waals surface area contributed by atoms with Gasteiger partial charge in [-0.25, -0.2) is 0 Å². The zero-order valence-corrected chi connectivity index (χ0v) is 11.1. The van der Waals surface area contributed by atoms with E-state index in [2.05, 4.69) is 25.7 Å². The minimum atomic E-state index is -0.0835. The van der Waals surface area contributed by atoms with Crippen LogP contribution in [0.1, 0.15) is 30.3 Å². The molecule has 3 heterocycles. The maximum absolute atomic E-state index is 12.3. The van der Waals surface area contributed by atoms with E-state index in [0.717, 1.165) is 24.9 Å². The predicted octanol–water partition coefficient (Wildman–Crippen LogP) is 0.310. The van der Waals surface area contributed by atoms with Crippen molar-refractivity contribution >= 4 is 12.0 Å². The van der Waals surface area contributed by atoms with Crippen LogP contribution in [-0.2, 0) is 11.8 Å². The summed E-state index contributed by atoms with van der Waals surface area (Å²) in [5.74, 6) is 0.534. The molecule has 0 radical (unpaired) electrons. The number of aromatic amines is 1. The van der Waals surface area contributed by atoms with Gasteiger partial charge in [-0.15, -0.1) is 10.2 Å². The second kappa shape index (κ2) is 5.24. The molecule has 2 aromatic rings. The Morgan fingerprint density at radius 1 is 1.55 bits per heavy atom. The molecule has 20 heavy (non-hydrogen) atoms. The molecule has 1 aliphatic rings. The first-order valence-electron chi connectivity index (χ1n) is 6.45. The number of rotatable bonds is 3. The van der Waals surface area contributed by atoms with E-state index < -0.39 is 0 Å². The van der Waals surface area contributed by atoms with E-state index in [-0.39, 0.29) is 11.9 Å². The van der Waals surface area contributed by atoms with E-state index in [1.165, 1.54) is 0 Å². The maximum atomic E-state index is 12.3. The van der Waals surface area contributed by atoms with E-state index in [0.29, 0.717) is 5.82 Å². The summed E-state index contributed by atoms with van der Waals surface area (Å²) in [6.07, 6.45) is 8.71. The highest BCUT2D eigenvalue weighted by Gasteiger charge is 2.31. The van der Waals surface area contributed by atoms with Crippen molar-refractivity contribution in [3.63, 3.8) is 0 Å². The first kappa shape index (κ1) is 12.5. The highest BCUT2D eigenvalue weighted by Crippen LogP contribution is 2.29. The minimum absolute atomic E-state index is 0.0406. The number of nitrogens with zero attached hydrogens (tertiary/aromatic N) is 6. The fourth-order valence-corrected chi connectivity index (χ4v) is 2.40. The average molecular weight is 273 g/mol. The largest absolute Gasteiger partial charge is 0.329 e. The Balaban J connectivity index is 1.71. The summed E-state index contributed by atoms with van der Waals surface area (Å²) in [6.45, 7) is 0.718. The van der Waals surface area contributed by atoms with Crippen molar-refractivity contribution < 1.29 is 4.79 Å². The lowest BCUT2D eigenvalue weighted by molar-refractivity contribution is -0.127. The van der Waals surface area contributed by atoms with Crippen molar-refractivity contribution in [1.29, 1.82) is 0 Å². The van der Waals surface area contributed by atoms with E-state index in [1.54, 1.807) is 27.9 Å². The van der Waals surface area contributed by atoms with Gasteiger partial charge in [-0.1, -0.05) is 5.21 Å². The number of hydrogen-bond acceptors (Lipinski definition) is 5. The monoisotopic (exact) mass is 273 g/mol. The van der Waals surface area contributed by atoms with E-state index in [9.17, 15) is 4.79 Å². The number of carbonyl (C=O) groups is 1. The topological polar surface area (TPSA) is 92.6 Å². The van der Waals surface area contributed by atoms with Crippen LogP contribution in [0.4, 0.5) is 0 Å². The smallest absolute Gasteiger partial charge is 0.247 e. The molecule has 1 aliphatic heterocycles. The van der Waals surface area contributed by atoms with Gasteiger partial charge in [0, 0.05) is 31.4 Å². The fraction of sp³-hybridized carbons (Fsp3) is 0.417. The zero-order valence-electron chi connectivity index (χ0n) is 11.1. The van der Waals surface area contributed by atoms with Gasteiger partial charge in [0.2, 0.25) is 5.91 Å². The van der Waals surface area contributed by atoms with Crippen LogP contribution >= 0.6 is 0 Å². The van der Waals surface area contributed by atoms with Crippen molar-refractivity contribution in [2.24, 2.45) is 7.05 Å². The van der Waals surface area contributed by atoms with Crippen molar-refractivity contribution in [3.8, 4) is 0 Å². The summed E-state index contributed by atoms with van der Waals surface area (Å²) in [5, 5.41) is 18.0. The number of aromatic nitrogens is 6. The van der Waals surface area contributed by atoms with Gasteiger partial charge in [-0.3, -0.25) is 9.48 Å². The van der Waals surface area contributed by atoms with E-state index >= 15 is 0 Å². The Labute approximate surface area is 115 Å². The summed E-state index contributed by atoms with van der Waals surface area (Å²) in [5.41, 5.74) is 0.899. The molecule has 8 heteroatoms. The molecule has 2 aromatic heterocycles. The summed E-state index contributed by atoms with van der Waals surface area (Å²) in [7, 11) is 1.84. The van der Waals surface area contributed by atoms with Crippen LogP contribution in [0.5, 0.6) is 0 Å². The summed E-state index contributed by atoms with van der Waals surface area (Å²) < 4.78 is 1.70. The summed E-state index contributed by atoms with van der Waals surface area (Å²) in [6, 6.07) is -0.0835. The van der Waals surface area contributed by atoms with Crippen LogP contribution < -0.4 is 0 Å². The molecule has 3 rings (SSSR count). The van der Waals surface area contributed by atoms with Crippen molar-refractivity contribution in [2.45, 2.75) is 18.9 Å². The van der Waals surface area contributed by atoms with Crippen LogP contribution in [0.3, 0.4) is 0 Å². The van der Waals surface area contributed by atoms with Crippen LogP contribution in [0, 0.1) is 0 Å². The Bertz CT molecular complexity index is 616. The molecule has 0 bridgehead atoms. The van der Waals surface area contributed by atoms with Gasteiger partial charge in [0.05, 0.1) is 12.2 Å². The lowest BCUT2D eigenvalue weighted by atomic mass is 10.2. The molecule has 0 aromatic carbocycles. The number of hydrogen-bond donors (Lipinski definition) is 1. The van der Waals surface area contributed by atoms with Gasteiger partial charge in [0.15, 0.2) is 5.82 Å². The standard InChI is InChI=1S/C12H15N7O/c1-18-8-9(7-13-18)4-5-11(20)19-6-2-3-10(19)12-14-16-17-15-12/h4-5,7-8,10H,2-3,6H2,1H3,(H,14,15,16,17)/b5-4+/t10-/m0/s1. The van der Waals surface area contributed by atoms with Gasteiger partial charge in [0.25, 0.3) is 0 Å². The molecule has 1 atom stereocenters. The molecule has 1 fully saturated rings. The van der Waals surface area contributed by atoms with Crippen LogP contribution in [0.15, 0.2) is 18.5 Å². The van der Waals surface area contributed by atoms with Crippen molar-refractivity contribution in [2.75, 3.05) is 6.54 Å². The summed E-state index contributed by atoms with van der Waals surface area (Å²) >= 11 is 0. The molecule has 0 saturated carbocycles. The third-order valence-corrected chi connectivity index (χ3v) is 3.34. The lowest BCUT2D eigenvalue weighted by Gasteiger charge is -2.20. The molecule has 0 unspecified atom stereocenters. The van der Waals surface area contributed by atoms with Gasteiger partial charge in [0.1, 0.15) is 0 Å². The van der Waals surface area contributed by atoms with Gasteiger partial charge in [-0.05, 0) is 18.9 Å². The van der Waals surface area contributed by atoms with Crippen LogP contribution in [0.25, 0.3) is 6.08 Å². The SMILES string of the molecule is Cn1cc(/C=C/C(=O)N2CCC[C@H]2c2nn[nH]n2)cn1. The first-order valence-corrected chi connectivity index (χ1v) is 6.45. The maximum Gasteiger partial charge on any atom is 0.247 e. The number of likely N-dealkylation sites (tertiary alicyclic amines) is 1. The Morgan fingerprint density at radius 3 is 3.15 bits per heavy atom. The fourth-order valence-electron chi connectivity index (χ4n) is 2.40. The van der Waals surface area contributed by atoms with Crippen LogP contribution in [0.2, 0.25) is 0 Å². The van der Waals surface area contributed by atoms with Crippen molar-refractivity contribution in [3.05, 3.63) is 29.9 Å². The van der Waals surface area contributed by atoms with Crippen LogP contribution in [-0.4, -0.2) is 47.8 Å². The van der Waals surface area contributed by atoms with Gasteiger partial charge in [-0.2, -0.15) is 10.3 Å². The highest BCUT2D eigenvalue weighted by molar-refractivity contribution is 5.92. The normalized spacial score (nSPS) is 19.1. The molecule has 104 valence electrons. The Hall–Kier alpha value is -2.51. The average Bonchev–Trinajstić information content (AvgIpc) is 3.16. The first-order chi connectivity index (χ1) is 9.74. The number of nitrogens with one attached hydrogen (secondary N) is 1. The minimum Gasteiger partial charge on any atom is -0.329 e. The Kier molecular flexibility index (Phi) is 3.28. The molecular weight excluding hydrogens is 258 g/mol.